The fraction of sp³-hybridized carbons (Fsp3) is 0.190. The van der Waals surface area contributed by atoms with Gasteiger partial charge in [0.1, 0.15) is 5.69 Å². The summed E-state index contributed by atoms with van der Waals surface area (Å²) in [4.78, 5) is 33.8. The largest absolute Gasteiger partial charge is 0.383 e. The van der Waals surface area contributed by atoms with Crippen LogP contribution in [-0.4, -0.2) is 39.4 Å². The van der Waals surface area contributed by atoms with Crippen LogP contribution in [0, 0.1) is 0 Å². The van der Waals surface area contributed by atoms with Crippen molar-refractivity contribution in [2.45, 2.75) is 13.1 Å². The Balaban J connectivity index is 1.62. The van der Waals surface area contributed by atoms with E-state index in [0.717, 1.165) is 5.52 Å². The summed E-state index contributed by atoms with van der Waals surface area (Å²) in [5, 5.41) is 8.51. The summed E-state index contributed by atoms with van der Waals surface area (Å²) in [6, 6.07) is 14.6. The molecule has 29 heavy (non-hydrogen) atoms. The van der Waals surface area contributed by atoms with Gasteiger partial charge in [-0.3, -0.25) is 14.6 Å². The number of fused-ring (bicyclic) bond motifs is 2. The number of nitrogens with one attached hydrogen (secondary N) is 1. The molecule has 1 amide bonds. The number of hydrogen-bond donors (Lipinski definition) is 1. The number of aromatic nitrogens is 4. The molecule has 4 aromatic rings. The van der Waals surface area contributed by atoms with E-state index in [2.05, 4.69) is 20.4 Å². The molecule has 0 aliphatic heterocycles. The second-order valence-electron chi connectivity index (χ2n) is 6.44. The number of carbonyl (C=O) groups excluding carboxylic acids is 1. The van der Waals surface area contributed by atoms with Crippen LogP contribution in [0.15, 0.2) is 59.5 Å². The summed E-state index contributed by atoms with van der Waals surface area (Å²) >= 11 is 0. The fourth-order valence-electron chi connectivity index (χ4n) is 3.09. The van der Waals surface area contributed by atoms with Crippen LogP contribution in [0.1, 0.15) is 16.2 Å². The average Bonchev–Trinajstić information content (AvgIpc) is 2.77. The van der Waals surface area contributed by atoms with Gasteiger partial charge in [0.05, 0.1) is 48.0 Å². The zero-order chi connectivity index (χ0) is 20.2. The van der Waals surface area contributed by atoms with Crippen LogP contribution in [0.4, 0.5) is 0 Å². The Morgan fingerprint density at radius 2 is 1.79 bits per heavy atom. The van der Waals surface area contributed by atoms with Gasteiger partial charge < -0.3 is 10.1 Å². The lowest BCUT2D eigenvalue weighted by Crippen LogP contribution is -2.30. The first-order valence-electron chi connectivity index (χ1n) is 9.15. The molecule has 0 saturated heterocycles. The Hall–Kier alpha value is -3.65. The number of carbonyl (C=O) groups is 1. The predicted octanol–water partition coefficient (Wildman–Crippen LogP) is 1.92. The monoisotopic (exact) mass is 389 g/mol. The molecule has 0 atom stereocenters. The first kappa shape index (κ1) is 18.7. The number of methoxy groups -OCH3 is 1. The van der Waals surface area contributed by atoms with E-state index in [9.17, 15) is 9.59 Å². The zero-order valence-corrected chi connectivity index (χ0v) is 15.8. The van der Waals surface area contributed by atoms with Crippen molar-refractivity contribution in [1.29, 1.82) is 0 Å². The molecule has 0 unspecified atom stereocenters. The topological polar surface area (TPSA) is 99.0 Å². The molecule has 0 saturated carbocycles. The van der Waals surface area contributed by atoms with Crippen LogP contribution in [0.2, 0.25) is 0 Å². The lowest BCUT2D eigenvalue weighted by atomic mass is 10.1. The number of para-hydroxylation sites is 2. The van der Waals surface area contributed by atoms with E-state index in [1.54, 1.807) is 25.3 Å². The summed E-state index contributed by atoms with van der Waals surface area (Å²) in [5.41, 5.74) is 2.01. The molecule has 4 rings (SSSR count). The van der Waals surface area contributed by atoms with Gasteiger partial charge in [-0.15, -0.1) is 0 Å². The van der Waals surface area contributed by atoms with Crippen molar-refractivity contribution < 1.29 is 9.53 Å². The number of hydrogen-bond acceptors (Lipinski definition) is 6. The minimum absolute atomic E-state index is 0.154. The zero-order valence-electron chi connectivity index (χ0n) is 15.8. The van der Waals surface area contributed by atoms with Gasteiger partial charge in [-0.05, 0) is 18.2 Å². The third-order valence-electron chi connectivity index (χ3n) is 4.55. The first-order chi connectivity index (χ1) is 14.2. The maximum absolute atomic E-state index is 12.6. The van der Waals surface area contributed by atoms with Crippen LogP contribution in [0.3, 0.4) is 0 Å². The van der Waals surface area contributed by atoms with Crippen molar-refractivity contribution in [3.8, 4) is 0 Å². The van der Waals surface area contributed by atoms with Gasteiger partial charge in [-0.25, -0.2) is 9.67 Å². The van der Waals surface area contributed by atoms with Gasteiger partial charge in [-0.2, -0.15) is 5.10 Å². The maximum Gasteiger partial charge on any atom is 0.274 e. The first-order valence-corrected chi connectivity index (χ1v) is 9.15. The Kier molecular flexibility index (Phi) is 5.26. The molecule has 0 fully saturated rings. The molecule has 2 aromatic carbocycles. The van der Waals surface area contributed by atoms with Gasteiger partial charge >= 0.3 is 0 Å². The van der Waals surface area contributed by atoms with Gasteiger partial charge in [0.25, 0.3) is 11.5 Å². The molecular formula is C21H19N5O3. The van der Waals surface area contributed by atoms with Crippen LogP contribution in [0.25, 0.3) is 21.8 Å². The quantitative estimate of drug-likeness (QED) is 0.541. The fourth-order valence-corrected chi connectivity index (χ4v) is 3.09. The van der Waals surface area contributed by atoms with Crippen molar-refractivity contribution in [2.75, 3.05) is 13.7 Å². The van der Waals surface area contributed by atoms with E-state index in [0.29, 0.717) is 35.1 Å². The molecule has 0 bridgehead atoms. The molecular weight excluding hydrogens is 370 g/mol. The highest BCUT2D eigenvalue weighted by molar-refractivity contribution is 5.94. The second kappa shape index (κ2) is 8.15. The van der Waals surface area contributed by atoms with Crippen molar-refractivity contribution in [3.63, 3.8) is 0 Å². The number of nitrogens with zero attached hydrogens (tertiary/aromatic N) is 4. The second-order valence-corrected chi connectivity index (χ2v) is 6.44. The third kappa shape index (κ3) is 3.83. The van der Waals surface area contributed by atoms with Gasteiger partial charge in [0.2, 0.25) is 0 Å². The summed E-state index contributed by atoms with van der Waals surface area (Å²) in [6.07, 6.45) is 1.45. The molecule has 0 spiro atoms. The van der Waals surface area contributed by atoms with E-state index in [-0.39, 0.29) is 23.7 Å². The van der Waals surface area contributed by atoms with E-state index in [1.807, 2.05) is 30.3 Å². The summed E-state index contributed by atoms with van der Waals surface area (Å²) < 4.78 is 6.42. The Labute approximate surface area is 166 Å². The van der Waals surface area contributed by atoms with Crippen LogP contribution in [-0.2, 0) is 17.8 Å². The van der Waals surface area contributed by atoms with E-state index in [1.165, 1.54) is 10.9 Å². The molecule has 1 N–H and O–H groups in total. The lowest BCUT2D eigenvalue weighted by Gasteiger charge is -2.11. The summed E-state index contributed by atoms with van der Waals surface area (Å²) in [6.45, 7) is 0.849. The number of rotatable bonds is 6. The van der Waals surface area contributed by atoms with E-state index in [4.69, 9.17) is 4.74 Å². The highest BCUT2D eigenvalue weighted by atomic mass is 16.5. The molecule has 8 nitrogen and oxygen atoms in total. The molecule has 2 heterocycles. The van der Waals surface area contributed by atoms with Crippen molar-refractivity contribution in [1.82, 2.24) is 25.1 Å². The van der Waals surface area contributed by atoms with Crippen LogP contribution < -0.4 is 10.9 Å². The molecule has 2 aromatic heterocycles. The third-order valence-corrected chi connectivity index (χ3v) is 4.55. The standard InChI is InChI=1S/C21H19N5O3/c1-29-11-10-26-21(28)15-7-3-2-6-14(15)18(25-26)12-23-20(27)19-13-22-16-8-4-5-9-17(16)24-19/h2-9,13H,10-12H2,1H3,(H,23,27). The molecule has 0 aliphatic rings. The molecule has 0 aliphatic carbocycles. The van der Waals surface area contributed by atoms with Crippen LogP contribution in [0.5, 0.6) is 0 Å². The molecule has 0 radical (unpaired) electrons. The average molecular weight is 389 g/mol. The summed E-state index contributed by atoms with van der Waals surface area (Å²) in [5.74, 6) is -0.358. The Morgan fingerprint density at radius 1 is 1.07 bits per heavy atom. The van der Waals surface area contributed by atoms with Gasteiger partial charge in [-0.1, -0.05) is 30.3 Å². The number of ether oxygens (including phenoxy) is 1. The molecule has 146 valence electrons. The van der Waals surface area contributed by atoms with Crippen molar-refractivity contribution >= 4 is 27.7 Å². The molecule has 8 heteroatoms. The van der Waals surface area contributed by atoms with Gasteiger partial charge in [0.15, 0.2) is 0 Å². The number of benzene rings is 2. The van der Waals surface area contributed by atoms with E-state index < -0.39 is 0 Å². The maximum atomic E-state index is 12.6. The summed E-state index contributed by atoms with van der Waals surface area (Å²) in [7, 11) is 1.57. The minimum Gasteiger partial charge on any atom is -0.383 e. The highest BCUT2D eigenvalue weighted by Gasteiger charge is 2.13. The van der Waals surface area contributed by atoms with E-state index >= 15 is 0 Å². The minimum atomic E-state index is -0.358. The highest BCUT2D eigenvalue weighted by Crippen LogP contribution is 2.14. The normalized spacial score (nSPS) is 11.1. The Morgan fingerprint density at radius 3 is 2.59 bits per heavy atom. The predicted molar refractivity (Wildman–Crippen MR) is 109 cm³/mol. The van der Waals surface area contributed by atoms with Crippen molar-refractivity contribution in [2.24, 2.45) is 0 Å². The van der Waals surface area contributed by atoms with Crippen LogP contribution >= 0.6 is 0 Å². The Bertz CT molecular complexity index is 1250. The smallest absolute Gasteiger partial charge is 0.274 e. The number of amides is 1. The van der Waals surface area contributed by atoms with Gasteiger partial charge in [0, 0.05) is 12.5 Å². The SMILES string of the molecule is COCCn1nc(CNC(=O)c2cnc3ccccc3n2)c2ccccc2c1=O. The van der Waals surface area contributed by atoms with Crippen molar-refractivity contribution in [3.05, 3.63) is 76.5 Å². The lowest BCUT2D eigenvalue weighted by molar-refractivity contribution is 0.0945.